The standard InChI is InChI=1S/C14H31N3/c1-5-8-14(2,11-15)12-17-9-6-7-13(10-17)16(3)4/h13H,5-12,15H2,1-4H3. The Kier molecular flexibility index (Phi) is 5.90. The van der Waals surface area contributed by atoms with Gasteiger partial charge >= 0.3 is 0 Å². The van der Waals surface area contributed by atoms with Crippen molar-refractivity contribution in [2.45, 2.75) is 45.6 Å². The molecule has 0 aromatic heterocycles. The van der Waals surface area contributed by atoms with E-state index in [0.717, 1.165) is 12.6 Å². The van der Waals surface area contributed by atoms with Gasteiger partial charge in [-0.3, -0.25) is 0 Å². The number of nitrogens with zero attached hydrogens (tertiary/aromatic N) is 2. The first-order chi connectivity index (χ1) is 8.00. The molecule has 2 unspecified atom stereocenters. The van der Waals surface area contributed by atoms with Crippen LogP contribution in [0.3, 0.4) is 0 Å². The van der Waals surface area contributed by atoms with Crippen LogP contribution in [-0.2, 0) is 0 Å². The van der Waals surface area contributed by atoms with E-state index in [4.69, 9.17) is 5.73 Å². The van der Waals surface area contributed by atoms with Crippen molar-refractivity contribution in [3.63, 3.8) is 0 Å². The summed E-state index contributed by atoms with van der Waals surface area (Å²) < 4.78 is 0. The van der Waals surface area contributed by atoms with Gasteiger partial charge in [-0.25, -0.2) is 0 Å². The Hall–Kier alpha value is -0.120. The van der Waals surface area contributed by atoms with Crippen LogP contribution in [0.5, 0.6) is 0 Å². The zero-order valence-electron chi connectivity index (χ0n) is 12.2. The van der Waals surface area contributed by atoms with E-state index >= 15 is 0 Å². The average molecular weight is 241 g/mol. The first-order valence-electron chi connectivity index (χ1n) is 7.09. The quantitative estimate of drug-likeness (QED) is 0.769. The summed E-state index contributed by atoms with van der Waals surface area (Å²) in [7, 11) is 4.39. The summed E-state index contributed by atoms with van der Waals surface area (Å²) in [6, 6.07) is 0.729. The predicted octanol–water partition coefficient (Wildman–Crippen LogP) is 1.78. The van der Waals surface area contributed by atoms with Crippen molar-refractivity contribution in [2.24, 2.45) is 11.1 Å². The Morgan fingerprint density at radius 3 is 2.65 bits per heavy atom. The average Bonchev–Trinajstić information content (AvgIpc) is 2.29. The summed E-state index contributed by atoms with van der Waals surface area (Å²) in [6.45, 7) is 9.05. The van der Waals surface area contributed by atoms with E-state index in [1.165, 1.54) is 45.3 Å². The second kappa shape index (κ2) is 6.72. The van der Waals surface area contributed by atoms with E-state index in [2.05, 4.69) is 37.7 Å². The van der Waals surface area contributed by atoms with Gasteiger partial charge in [0, 0.05) is 19.1 Å². The van der Waals surface area contributed by atoms with Crippen molar-refractivity contribution < 1.29 is 0 Å². The lowest BCUT2D eigenvalue weighted by Gasteiger charge is -2.41. The van der Waals surface area contributed by atoms with Gasteiger partial charge in [0.1, 0.15) is 0 Å². The van der Waals surface area contributed by atoms with Crippen LogP contribution in [0.15, 0.2) is 0 Å². The lowest BCUT2D eigenvalue weighted by Crippen LogP contribution is -2.49. The molecular formula is C14H31N3. The number of hydrogen-bond acceptors (Lipinski definition) is 3. The molecular weight excluding hydrogens is 210 g/mol. The van der Waals surface area contributed by atoms with Crippen molar-refractivity contribution in [3.05, 3.63) is 0 Å². The summed E-state index contributed by atoms with van der Waals surface area (Å²) in [6.07, 6.45) is 5.15. The van der Waals surface area contributed by atoms with E-state index in [1.807, 2.05) is 0 Å². The Morgan fingerprint density at radius 2 is 2.12 bits per heavy atom. The highest BCUT2D eigenvalue weighted by Gasteiger charge is 2.28. The summed E-state index contributed by atoms with van der Waals surface area (Å²) in [4.78, 5) is 4.99. The van der Waals surface area contributed by atoms with E-state index in [-0.39, 0.29) is 0 Å². The van der Waals surface area contributed by atoms with Gasteiger partial charge in [0.15, 0.2) is 0 Å². The number of rotatable bonds is 6. The Bertz CT molecular complexity index is 218. The zero-order chi connectivity index (χ0) is 12.9. The Morgan fingerprint density at radius 1 is 1.41 bits per heavy atom. The fraction of sp³-hybridized carbons (Fsp3) is 1.00. The Balaban J connectivity index is 2.49. The molecule has 2 atom stereocenters. The summed E-state index contributed by atoms with van der Waals surface area (Å²) in [5, 5.41) is 0. The summed E-state index contributed by atoms with van der Waals surface area (Å²) in [5.74, 6) is 0. The number of piperidine rings is 1. The monoisotopic (exact) mass is 241 g/mol. The second-order valence-electron chi connectivity index (χ2n) is 6.26. The van der Waals surface area contributed by atoms with Crippen LogP contribution in [0.1, 0.15) is 39.5 Å². The molecule has 1 rings (SSSR count). The lowest BCUT2D eigenvalue weighted by molar-refractivity contribution is 0.0893. The molecule has 0 bridgehead atoms. The third kappa shape index (κ3) is 4.57. The maximum Gasteiger partial charge on any atom is 0.0217 e. The molecule has 0 spiro atoms. The second-order valence-corrected chi connectivity index (χ2v) is 6.26. The number of hydrogen-bond donors (Lipinski definition) is 1. The third-order valence-corrected chi connectivity index (χ3v) is 4.16. The minimum Gasteiger partial charge on any atom is -0.330 e. The van der Waals surface area contributed by atoms with Gasteiger partial charge in [-0.1, -0.05) is 20.3 Å². The highest BCUT2D eigenvalue weighted by atomic mass is 15.2. The van der Waals surface area contributed by atoms with E-state index < -0.39 is 0 Å². The number of likely N-dealkylation sites (tertiary alicyclic amines) is 1. The molecule has 0 radical (unpaired) electrons. The molecule has 1 fully saturated rings. The summed E-state index contributed by atoms with van der Waals surface area (Å²) in [5.41, 5.74) is 6.28. The SMILES string of the molecule is CCCC(C)(CN)CN1CCCC(N(C)C)C1. The maximum atomic E-state index is 5.97. The van der Waals surface area contributed by atoms with Gasteiger partial charge in [0.25, 0.3) is 0 Å². The van der Waals surface area contributed by atoms with Crippen molar-refractivity contribution in [3.8, 4) is 0 Å². The van der Waals surface area contributed by atoms with Gasteiger partial charge in [0.2, 0.25) is 0 Å². The number of likely N-dealkylation sites (N-methyl/N-ethyl adjacent to an activating group) is 1. The van der Waals surface area contributed by atoms with Crippen LogP contribution in [0.4, 0.5) is 0 Å². The third-order valence-electron chi connectivity index (χ3n) is 4.16. The van der Waals surface area contributed by atoms with Gasteiger partial charge in [-0.05, 0) is 51.9 Å². The van der Waals surface area contributed by atoms with Crippen molar-refractivity contribution >= 4 is 0 Å². The van der Waals surface area contributed by atoms with E-state index in [0.29, 0.717) is 5.41 Å². The van der Waals surface area contributed by atoms with E-state index in [1.54, 1.807) is 0 Å². The predicted molar refractivity (Wildman–Crippen MR) is 75.2 cm³/mol. The van der Waals surface area contributed by atoms with Crippen molar-refractivity contribution in [1.82, 2.24) is 9.80 Å². The minimum atomic E-state index is 0.308. The van der Waals surface area contributed by atoms with Crippen LogP contribution in [0.2, 0.25) is 0 Å². The molecule has 102 valence electrons. The first-order valence-corrected chi connectivity index (χ1v) is 7.09. The molecule has 0 saturated carbocycles. The molecule has 1 saturated heterocycles. The maximum absolute atomic E-state index is 5.97. The minimum absolute atomic E-state index is 0.308. The van der Waals surface area contributed by atoms with Crippen LogP contribution >= 0.6 is 0 Å². The molecule has 17 heavy (non-hydrogen) atoms. The highest BCUT2D eigenvalue weighted by molar-refractivity contribution is 4.84. The number of nitrogens with two attached hydrogens (primary N) is 1. The largest absolute Gasteiger partial charge is 0.330 e. The van der Waals surface area contributed by atoms with Gasteiger partial charge in [-0.15, -0.1) is 0 Å². The van der Waals surface area contributed by atoms with E-state index in [9.17, 15) is 0 Å². The molecule has 0 aromatic rings. The van der Waals surface area contributed by atoms with Gasteiger partial charge in [-0.2, -0.15) is 0 Å². The van der Waals surface area contributed by atoms with Crippen LogP contribution in [0, 0.1) is 5.41 Å². The molecule has 1 aliphatic heterocycles. The van der Waals surface area contributed by atoms with Gasteiger partial charge < -0.3 is 15.5 Å². The Labute approximate surface area is 107 Å². The van der Waals surface area contributed by atoms with Crippen molar-refractivity contribution in [1.29, 1.82) is 0 Å². The van der Waals surface area contributed by atoms with Crippen LogP contribution in [0.25, 0.3) is 0 Å². The smallest absolute Gasteiger partial charge is 0.0217 e. The fourth-order valence-corrected chi connectivity index (χ4v) is 2.99. The molecule has 0 aromatic carbocycles. The highest BCUT2D eigenvalue weighted by Crippen LogP contribution is 2.25. The van der Waals surface area contributed by atoms with Crippen LogP contribution in [-0.4, -0.2) is 56.1 Å². The fourth-order valence-electron chi connectivity index (χ4n) is 2.99. The molecule has 3 nitrogen and oxygen atoms in total. The zero-order valence-corrected chi connectivity index (χ0v) is 12.2. The molecule has 0 amide bonds. The molecule has 1 heterocycles. The molecule has 1 aliphatic rings. The topological polar surface area (TPSA) is 32.5 Å². The summed E-state index contributed by atoms with van der Waals surface area (Å²) >= 11 is 0. The lowest BCUT2D eigenvalue weighted by atomic mass is 9.84. The normalized spacial score (nSPS) is 26.1. The molecule has 2 N–H and O–H groups in total. The first kappa shape index (κ1) is 14.9. The van der Waals surface area contributed by atoms with Crippen LogP contribution < -0.4 is 5.73 Å². The molecule has 0 aliphatic carbocycles. The van der Waals surface area contributed by atoms with Gasteiger partial charge in [0.05, 0.1) is 0 Å². The molecule has 3 heteroatoms. The van der Waals surface area contributed by atoms with Crippen molar-refractivity contribution in [2.75, 3.05) is 40.3 Å².